The minimum Gasteiger partial charge on any atom is -0.314 e. The van der Waals surface area contributed by atoms with Gasteiger partial charge >= 0.3 is 0 Å². The SMILES string of the molecule is CCCNC(CCCS(C)(=O)=O)CC1CCCCCC1. The van der Waals surface area contributed by atoms with Crippen molar-refractivity contribution < 1.29 is 8.42 Å². The van der Waals surface area contributed by atoms with Crippen molar-refractivity contribution in [2.45, 2.75) is 77.2 Å². The van der Waals surface area contributed by atoms with Crippen LogP contribution in [0.5, 0.6) is 0 Å². The second-order valence-corrected chi connectivity index (χ2v) is 8.78. The Morgan fingerprint density at radius 2 is 1.80 bits per heavy atom. The van der Waals surface area contributed by atoms with Gasteiger partial charge in [-0.25, -0.2) is 8.42 Å². The van der Waals surface area contributed by atoms with Gasteiger partial charge < -0.3 is 5.32 Å². The Morgan fingerprint density at radius 1 is 1.15 bits per heavy atom. The Kier molecular flexibility index (Phi) is 8.78. The van der Waals surface area contributed by atoms with E-state index < -0.39 is 9.84 Å². The van der Waals surface area contributed by atoms with E-state index in [0.29, 0.717) is 11.8 Å². The number of hydrogen-bond donors (Lipinski definition) is 1. The van der Waals surface area contributed by atoms with Crippen LogP contribution in [0.25, 0.3) is 0 Å². The molecule has 1 saturated carbocycles. The van der Waals surface area contributed by atoms with Gasteiger partial charge in [-0.1, -0.05) is 45.4 Å². The Morgan fingerprint density at radius 3 is 2.35 bits per heavy atom. The third kappa shape index (κ3) is 8.96. The number of hydrogen-bond acceptors (Lipinski definition) is 3. The van der Waals surface area contributed by atoms with E-state index in [0.717, 1.165) is 31.7 Å². The maximum absolute atomic E-state index is 11.2. The van der Waals surface area contributed by atoms with E-state index in [9.17, 15) is 8.42 Å². The summed E-state index contributed by atoms with van der Waals surface area (Å²) >= 11 is 0. The molecule has 0 amide bonds. The molecule has 0 aromatic rings. The summed E-state index contributed by atoms with van der Waals surface area (Å²) in [5, 5.41) is 3.63. The van der Waals surface area contributed by atoms with Crippen LogP contribution in [0, 0.1) is 5.92 Å². The average Bonchev–Trinajstić information content (AvgIpc) is 2.62. The molecule has 0 radical (unpaired) electrons. The molecule has 1 rings (SSSR count). The van der Waals surface area contributed by atoms with Crippen LogP contribution < -0.4 is 5.32 Å². The molecule has 4 heteroatoms. The molecule has 0 spiro atoms. The van der Waals surface area contributed by atoms with Crippen LogP contribution in [0.2, 0.25) is 0 Å². The van der Waals surface area contributed by atoms with E-state index in [2.05, 4.69) is 12.2 Å². The first-order chi connectivity index (χ1) is 9.51. The number of rotatable bonds is 9. The van der Waals surface area contributed by atoms with Crippen molar-refractivity contribution in [2.24, 2.45) is 5.92 Å². The van der Waals surface area contributed by atoms with Crippen LogP contribution in [0.3, 0.4) is 0 Å². The van der Waals surface area contributed by atoms with Crippen LogP contribution in [0.15, 0.2) is 0 Å². The molecule has 0 heterocycles. The van der Waals surface area contributed by atoms with Gasteiger partial charge in [0.05, 0.1) is 0 Å². The Labute approximate surface area is 125 Å². The molecule has 0 aliphatic heterocycles. The lowest BCUT2D eigenvalue weighted by Crippen LogP contribution is -2.32. The van der Waals surface area contributed by atoms with Crippen molar-refractivity contribution in [3.05, 3.63) is 0 Å². The van der Waals surface area contributed by atoms with Gasteiger partial charge in [-0.2, -0.15) is 0 Å². The van der Waals surface area contributed by atoms with Gasteiger partial charge in [-0.15, -0.1) is 0 Å². The van der Waals surface area contributed by atoms with E-state index in [1.807, 2.05) is 0 Å². The summed E-state index contributed by atoms with van der Waals surface area (Å²) in [6.45, 7) is 3.24. The lowest BCUT2D eigenvalue weighted by Gasteiger charge is -2.23. The van der Waals surface area contributed by atoms with E-state index in [4.69, 9.17) is 0 Å². The maximum Gasteiger partial charge on any atom is 0.147 e. The molecule has 20 heavy (non-hydrogen) atoms. The summed E-state index contributed by atoms with van der Waals surface area (Å²) in [4.78, 5) is 0. The molecular weight excluding hydrogens is 270 g/mol. The number of sulfone groups is 1. The topological polar surface area (TPSA) is 46.2 Å². The van der Waals surface area contributed by atoms with Gasteiger partial charge in [0, 0.05) is 18.1 Å². The van der Waals surface area contributed by atoms with E-state index in [1.165, 1.54) is 51.2 Å². The van der Waals surface area contributed by atoms with Crippen molar-refractivity contribution in [1.29, 1.82) is 0 Å². The molecule has 0 bridgehead atoms. The van der Waals surface area contributed by atoms with Crippen LogP contribution in [0.4, 0.5) is 0 Å². The normalized spacial score (nSPS) is 19.7. The lowest BCUT2D eigenvalue weighted by molar-refractivity contribution is 0.338. The summed E-state index contributed by atoms with van der Waals surface area (Å²) in [5.41, 5.74) is 0. The highest BCUT2D eigenvalue weighted by Crippen LogP contribution is 2.27. The molecule has 0 saturated heterocycles. The van der Waals surface area contributed by atoms with Gasteiger partial charge in [0.2, 0.25) is 0 Å². The van der Waals surface area contributed by atoms with Crippen molar-refractivity contribution in [1.82, 2.24) is 5.32 Å². The lowest BCUT2D eigenvalue weighted by atomic mass is 9.91. The zero-order chi connectivity index (χ0) is 14.8. The molecule has 120 valence electrons. The molecule has 1 unspecified atom stereocenters. The Hall–Kier alpha value is -0.0900. The first-order valence-electron chi connectivity index (χ1n) is 8.42. The molecule has 0 aromatic heterocycles. The summed E-state index contributed by atoms with van der Waals surface area (Å²) in [5.74, 6) is 1.19. The van der Waals surface area contributed by atoms with E-state index >= 15 is 0 Å². The Bertz CT molecular complexity index is 332. The van der Waals surface area contributed by atoms with Crippen LogP contribution in [0.1, 0.15) is 71.1 Å². The summed E-state index contributed by atoms with van der Waals surface area (Å²) in [7, 11) is -2.81. The van der Waals surface area contributed by atoms with Crippen LogP contribution in [-0.4, -0.2) is 33.0 Å². The highest BCUT2D eigenvalue weighted by Gasteiger charge is 2.18. The standard InChI is InChI=1S/C16H33NO2S/c1-3-12-17-16(11-8-13-20(2,18)19)14-15-9-6-4-5-7-10-15/h15-17H,3-14H2,1-2H3. The van der Waals surface area contributed by atoms with Gasteiger partial charge in [0.15, 0.2) is 0 Å². The Balaban J connectivity index is 2.37. The van der Waals surface area contributed by atoms with Crippen LogP contribution >= 0.6 is 0 Å². The monoisotopic (exact) mass is 303 g/mol. The van der Waals surface area contributed by atoms with Gasteiger partial charge in [-0.05, 0) is 38.1 Å². The van der Waals surface area contributed by atoms with Gasteiger partial charge in [0.1, 0.15) is 9.84 Å². The fraction of sp³-hybridized carbons (Fsp3) is 1.00. The van der Waals surface area contributed by atoms with Gasteiger partial charge in [-0.3, -0.25) is 0 Å². The van der Waals surface area contributed by atoms with Crippen molar-refractivity contribution in [2.75, 3.05) is 18.6 Å². The first kappa shape index (κ1) is 18.0. The average molecular weight is 304 g/mol. The van der Waals surface area contributed by atoms with Crippen molar-refractivity contribution in [3.8, 4) is 0 Å². The predicted octanol–water partition coefficient (Wildman–Crippen LogP) is 3.54. The van der Waals surface area contributed by atoms with Crippen molar-refractivity contribution >= 4 is 9.84 Å². The fourth-order valence-electron chi connectivity index (χ4n) is 3.25. The van der Waals surface area contributed by atoms with E-state index in [1.54, 1.807) is 0 Å². The third-order valence-electron chi connectivity index (χ3n) is 4.34. The quantitative estimate of drug-likeness (QED) is 0.663. The summed E-state index contributed by atoms with van der Waals surface area (Å²) in [6.07, 6.45) is 13.8. The molecular formula is C16H33NO2S. The zero-order valence-electron chi connectivity index (χ0n) is 13.4. The molecule has 1 atom stereocenters. The molecule has 1 aliphatic rings. The second-order valence-electron chi connectivity index (χ2n) is 6.52. The van der Waals surface area contributed by atoms with E-state index in [-0.39, 0.29) is 0 Å². The largest absolute Gasteiger partial charge is 0.314 e. The molecule has 1 aliphatic carbocycles. The fourth-order valence-corrected chi connectivity index (χ4v) is 3.94. The highest BCUT2D eigenvalue weighted by atomic mass is 32.2. The zero-order valence-corrected chi connectivity index (χ0v) is 14.2. The minimum atomic E-state index is -2.81. The maximum atomic E-state index is 11.2. The molecule has 3 nitrogen and oxygen atoms in total. The second kappa shape index (κ2) is 9.78. The summed E-state index contributed by atoms with van der Waals surface area (Å²) < 4.78 is 22.5. The molecule has 1 fully saturated rings. The smallest absolute Gasteiger partial charge is 0.147 e. The summed E-state index contributed by atoms with van der Waals surface area (Å²) in [6, 6.07) is 0.514. The highest BCUT2D eigenvalue weighted by molar-refractivity contribution is 7.90. The third-order valence-corrected chi connectivity index (χ3v) is 5.37. The first-order valence-corrected chi connectivity index (χ1v) is 10.5. The van der Waals surface area contributed by atoms with Crippen LogP contribution in [-0.2, 0) is 9.84 Å². The van der Waals surface area contributed by atoms with Gasteiger partial charge in [0.25, 0.3) is 0 Å². The minimum absolute atomic E-state index is 0.335. The predicted molar refractivity (Wildman–Crippen MR) is 86.8 cm³/mol. The molecule has 0 aromatic carbocycles. The number of nitrogens with one attached hydrogen (secondary N) is 1. The molecule has 1 N–H and O–H groups in total. The van der Waals surface area contributed by atoms with Crippen molar-refractivity contribution in [3.63, 3.8) is 0 Å².